The van der Waals surface area contributed by atoms with Crippen LogP contribution in [0.2, 0.25) is 0 Å². The third kappa shape index (κ3) is 2.07. The third-order valence-electron chi connectivity index (χ3n) is 1.82. The monoisotopic (exact) mass is 165 g/mol. The maximum absolute atomic E-state index is 12.9. The summed E-state index contributed by atoms with van der Waals surface area (Å²) in [5.41, 5.74) is 1.72. The molecule has 1 aromatic carbocycles. The molecule has 0 aliphatic heterocycles. The van der Waals surface area contributed by atoms with Crippen LogP contribution >= 0.6 is 0 Å². The van der Waals surface area contributed by atoms with Crippen molar-refractivity contribution in [3.63, 3.8) is 0 Å². The molecule has 0 aliphatic carbocycles. The highest BCUT2D eigenvalue weighted by molar-refractivity contribution is 5.30. The van der Waals surface area contributed by atoms with Crippen molar-refractivity contribution in [2.75, 3.05) is 0 Å². The van der Waals surface area contributed by atoms with Gasteiger partial charge < -0.3 is 0 Å². The Hall–Kier alpha value is -0.850. The molecule has 65 valence electrons. The molecule has 0 aliphatic rings. The van der Waals surface area contributed by atoms with E-state index >= 15 is 0 Å². The van der Waals surface area contributed by atoms with Gasteiger partial charge in [0.25, 0.3) is 0 Å². The Morgan fingerprint density at radius 3 is 2.17 bits per heavy atom. The maximum Gasteiger partial charge on any atom is 0.123 e. The lowest BCUT2D eigenvalue weighted by Gasteiger charge is -2.19. The summed E-state index contributed by atoms with van der Waals surface area (Å²) in [4.78, 5) is 0. The van der Waals surface area contributed by atoms with Crippen molar-refractivity contribution in [2.24, 2.45) is 0 Å². The summed E-state index contributed by atoms with van der Waals surface area (Å²) in [7, 11) is 0. The van der Waals surface area contributed by atoms with Crippen LogP contribution in [0.25, 0.3) is 0 Å². The first-order chi connectivity index (χ1) is 5.39. The minimum atomic E-state index is -0.201. The van der Waals surface area contributed by atoms with Crippen LogP contribution in [0, 0.1) is 12.7 Å². The van der Waals surface area contributed by atoms with Crippen LogP contribution in [-0.4, -0.2) is 0 Å². The second-order valence-electron chi connectivity index (χ2n) is 4.10. The summed E-state index contributed by atoms with van der Waals surface area (Å²) in [5, 5.41) is 0. The van der Waals surface area contributed by atoms with Crippen LogP contribution in [-0.2, 0) is 5.41 Å². The average Bonchev–Trinajstić information content (AvgIpc) is 1.82. The first kappa shape index (κ1) is 9.24. The van der Waals surface area contributed by atoms with Gasteiger partial charge in [-0.25, -0.2) is 4.39 Å². The van der Waals surface area contributed by atoms with Gasteiger partial charge in [-0.2, -0.15) is 0 Å². The van der Waals surface area contributed by atoms with E-state index in [1.807, 2.05) is 6.07 Å². The SMILES string of the molecule is [CH2]c1cc(F)cc(C(C)(C)C)c1. The molecular weight excluding hydrogens is 151 g/mol. The van der Waals surface area contributed by atoms with E-state index in [0.29, 0.717) is 0 Å². The van der Waals surface area contributed by atoms with E-state index in [2.05, 4.69) is 27.7 Å². The van der Waals surface area contributed by atoms with Crippen molar-refractivity contribution >= 4 is 0 Å². The molecule has 1 heteroatoms. The fraction of sp³-hybridized carbons (Fsp3) is 0.364. The minimum absolute atomic E-state index is 0.00542. The topological polar surface area (TPSA) is 0 Å². The zero-order chi connectivity index (χ0) is 9.35. The molecule has 0 amide bonds. The van der Waals surface area contributed by atoms with E-state index in [9.17, 15) is 4.39 Å². The van der Waals surface area contributed by atoms with Crippen molar-refractivity contribution in [1.82, 2.24) is 0 Å². The van der Waals surface area contributed by atoms with Crippen LogP contribution in [0.15, 0.2) is 18.2 Å². The second kappa shape index (κ2) is 2.89. The number of halogens is 1. The maximum atomic E-state index is 12.9. The Morgan fingerprint density at radius 2 is 1.75 bits per heavy atom. The number of hydrogen-bond acceptors (Lipinski definition) is 0. The number of benzene rings is 1. The van der Waals surface area contributed by atoms with Crippen molar-refractivity contribution in [1.29, 1.82) is 0 Å². The summed E-state index contributed by atoms with van der Waals surface area (Å²) >= 11 is 0. The highest BCUT2D eigenvalue weighted by Crippen LogP contribution is 2.23. The molecule has 0 N–H and O–H groups in total. The predicted octanol–water partition coefficient (Wildman–Crippen LogP) is 3.31. The minimum Gasteiger partial charge on any atom is -0.207 e. The van der Waals surface area contributed by atoms with E-state index in [0.717, 1.165) is 11.1 Å². The number of hydrogen-bond donors (Lipinski definition) is 0. The van der Waals surface area contributed by atoms with Gasteiger partial charge in [0.15, 0.2) is 0 Å². The molecular formula is C11H14F. The summed E-state index contributed by atoms with van der Waals surface area (Å²) in [5.74, 6) is -0.201. The Balaban J connectivity index is 3.18. The highest BCUT2D eigenvalue weighted by Gasteiger charge is 2.14. The smallest absolute Gasteiger partial charge is 0.123 e. The molecule has 0 unspecified atom stereocenters. The quantitative estimate of drug-likeness (QED) is 0.553. The van der Waals surface area contributed by atoms with Gasteiger partial charge in [-0.15, -0.1) is 0 Å². The molecule has 0 nitrogen and oxygen atoms in total. The summed E-state index contributed by atoms with van der Waals surface area (Å²) in [6.45, 7) is 9.89. The molecule has 0 fully saturated rings. The summed E-state index contributed by atoms with van der Waals surface area (Å²) in [6, 6.07) is 4.92. The molecule has 0 spiro atoms. The first-order valence-corrected chi connectivity index (χ1v) is 4.02. The van der Waals surface area contributed by atoms with E-state index < -0.39 is 0 Å². The van der Waals surface area contributed by atoms with Gasteiger partial charge in [0.2, 0.25) is 0 Å². The van der Waals surface area contributed by atoms with Gasteiger partial charge in [-0.05, 0) is 35.6 Å². The molecule has 0 saturated heterocycles. The van der Waals surface area contributed by atoms with E-state index in [1.165, 1.54) is 6.07 Å². The average molecular weight is 165 g/mol. The molecule has 0 atom stereocenters. The second-order valence-corrected chi connectivity index (χ2v) is 4.10. The Bertz CT molecular complexity index is 261. The molecule has 1 aromatic rings. The molecule has 0 heterocycles. The Labute approximate surface area is 73.4 Å². The molecule has 12 heavy (non-hydrogen) atoms. The van der Waals surface area contributed by atoms with Gasteiger partial charge in [0.1, 0.15) is 5.82 Å². The van der Waals surface area contributed by atoms with Crippen molar-refractivity contribution in [2.45, 2.75) is 26.2 Å². The van der Waals surface area contributed by atoms with Crippen molar-refractivity contribution in [3.05, 3.63) is 42.1 Å². The summed E-state index contributed by atoms with van der Waals surface area (Å²) in [6.07, 6.45) is 0. The molecule has 0 aromatic heterocycles. The third-order valence-corrected chi connectivity index (χ3v) is 1.82. The van der Waals surface area contributed by atoms with Gasteiger partial charge in [-0.1, -0.05) is 26.8 Å². The fourth-order valence-electron chi connectivity index (χ4n) is 1.08. The predicted molar refractivity (Wildman–Crippen MR) is 49.6 cm³/mol. The van der Waals surface area contributed by atoms with Crippen LogP contribution in [0.5, 0.6) is 0 Å². The lowest BCUT2D eigenvalue weighted by molar-refractivity contribution is 0.571. The van der Waals surface area contributed by atoms with Crippen LogP contribution in [0.1, 0.15) is 31.9 Å². The lowest BCUT2D eigenvalue weighted by Crippen LogP contribution is -2.11. The zero-order valence-electron chi connectivity index (χ0n) is 7.82. The van der Waals surface area contributed by atoms with Gasteiger partial charge in [0.05, 0.1) is 0 Å². The standard InChI is InChI=1S/C11H14F/c1-8-5-9(11(2,3)4)7-10(12)6-8/h5-7H,1H2,2-4H3. The largest absolute Gasteiger partial charge is 0.207 e. The van der Waals surface area contributed by atoms with Crippen molar-refractivity contribution < 1.29 is 4.39 Å². The highest BCUT2D eigenvalue weighted by atomic mass is 19.1. The number of rotatable bonds is 0. The van der Waals surface area contributed by atoms with E-state index in [4.69, 9.17) is 0 Å². The normalized spacial score (nSPS) is 11.8. The molecule has 0 bridgehead atoms. The van der Waals surface area contributed by atoms with E-state index in [1.54, 1.807) is 6.07 Å². The molecule has 0 saturated carbocycles. The molecule has 1 rings (SSSR count). The lowest BCUT2D eigenvalue weighted by atomic mass is 9.86. The van der Waals surface area contributed by atoms with Gasteiger partial charge >= 0.3 is 0 Å². The van der Waals surface area contributed by atoms with Crippen LogP contribution < -0.4 is 0 Å². The Kier molecular flexibility index (Phi) is 2.22. The van der Waals surface area contributed by atoms with Crippen LogP contribution in [0.3, 0.4) is 0 Å². The van der Waals surface area contributed by atoms with E-state index in [-0.39, 0.29) is 11.2 Å². The Morgan fingerprint density at radius 1 is 1.17 bits per heavy atom. The van der Waals surface area contributed by atoms with Crippen LogP contribution in [0.4, 0.5) is 4.39 Å². The van der Waals surface area contributed by atoms with Gasteiger partial charge in [-0.3, -0.25) is 0 Å². The zero-order valence-corrected chi connectivity index (χ0v) is 7.82. The summed E-state index contributed by atoms with van der Waals surface area (Å²) < 4.78 is 12.9. The fourth-order valence-corrected chi connectivity index (χ4v) is 1.08. The van der Waals surface area contributed by atoms with Crippen molar-refractivity contribution in [3.8, 4) is 0 Å². The van der Waals surface area contributed by atoms with Gasteiger partial charge in [0, 0.05) is 0 Å². The first-order valence-electron chi connectivity index (χ1n) is 4.02. The molecule has 1 radical (unpaired) electrons.